The number of thiazole rings is 1. The van der Waals surface area contributed by atoms with Gasteiger partial charge in [-0.15, -0.1) is 11.3 Å². The molecule has 0 bridgehead atoms. The summed E-state index contributed by atoms with van der Waals surface area (Å²) < 4.78 is 0. The van der Waals surface area contributed by atoms with Gasteiger partial charge in [0.1, 0.15) is 0 Å². The van der Waals surface area contributed by atoms with Crippen LogP contribution >= 0.6 is 11.3 Å². The van der Waals surface area contributed by atoms with E-state index in [9.17, 15) is 9.59 Å². The molecule has 0 saturated carbocycles. The van der Waals surface area contributed by atoms with E-state index >= 15 is 0 Å². The molecule has 3 N–H and O–H groups in total. The highest BCUT2D eigenvalue weighted by atomic mass is 32.1. The molecule has 0 radical (unpaired) electrons. The predicted molar refractivity (Wildman–Crippen MR) is 87.9 cm³/mol. The number of hydrogen-bond donors (Lipinski definition) is 3. The Morgan fingerprint density at radius 1 is 1.23 bits per heavy atom. The van der Waals surface area contributed by atoms with E-state index in [0.717, 1.165) is 18.5 Å². The highest BCUT2D eigenvalue weighted by molar-refractivity contribution is 7.14. The molecular weight excluding hydrogens is 300 g/mol. The largest absolute Gasteiger partial charge is 0.345 e. The first-order valence-corrected chi connectivity index (χ1v) is 8.28. The molecule has 1 saturated heterocycles. The second-order valence-electron chi connectivity index (χ2n) is 7.22. The minimum absolute atomic E-state index is 0.0254. The fourth-order valence-electron chi connectivity index (χ4n) is 3.24. The second kappa shape index (κ2) is 5.96. The van der Waals surface area contributed by atoms with Crippen LogP contribution in [0.2, 0.25) is 0 Å². The van der Waals surface area contributed by atoms with Gasteiger partial charge in [0, 0.05) is 22.5 Å². The standard InChI is InChI=1S/C15H24N4O2S/c1-9-8-22-13(16-9)18-12(21)11(20)17-10-6-14(2,3)19-15(4,5)7-10/h8,10,19H,6-7H2,1-5H3,(H,17,20)(H,16,18,21). The number of hydrogen-bond acceptors (Lipinski definition) is 5. The van der Waals surface area contributed by atoms with Crippen molar-refractivity contribution in [2.24, 2.45) is 0 Å². The molecule has 7 heteroatoms. The molecule has 0 atom stereocenters. The van der Waals surface area contributed by atoms with Crippen LogP contribution < -0.4 is 16.0 Å². The number of aromatic nitrogens is 1. The van der Waals surface area contributed by atoms with Crippen molar-refractivity contribution in [2.45, 2.75) is 64.6 Å². The summed E-state index contributed by atoms with van der Waals surface area (Å²) >= 11 is 1.31. The highest BCUT2D eigenvalue weighted by Crippen LogP contribution is 2.28. The van der Waals surface area contributed by atoms with E-state index in [-0.39, 0.29) is 17.1 Å². The van der Waals surface area contributed by atoms with Crippen LogP contribution in [0.4, 0.5) is 5.13 Å². The predicted octanol–water partition coefficient (Wildman–Crippen LogP) is 1.82. The van der Waals surface area contributed by atoms with Gasteiger partial charge in [-0.2, -0.15) is 0 Å². The van der Waals surface area contributed by atoms with Crippen LogP contribution in [0, 0.1) is 6.92 Å². The first kappa shape index (κ1) is 16.9. The second-order valence-corrected chi connectivity index (χ2v) is 8.08. The lowest BCUT2D eigenvalue weighted by molar-refractivity contribution is -0.137. The van der Waals surface area contributed by atoms with E-state index in [4.69, 9.17) is 0 Å². The van der Waals surface area contributed by atoms with Crippen LogP contribution in [0.1, 0.15) is 46.2 Å². The zero-order chi connectivity index (χ0) is 16.5. The van der Waals surface area contributed by atoms with Crippen molar-refractivity contribution >= 4 is 28.3 Å². The SMILES string of the molecule is Cc1csc(NC(=O)C(=O)NC2CC(C)(C)NC(C)(C)C2)n1. The van der Waals surface area contributed by atoms with Crippen LogP contribution in [-0.4, -0.2) is 33.9 Å². The van der Waals surface area contributed by atoms with Gasteiger partial charge in [-0.3, -0.25) is 14.9 Å². The molecular formula is C15H24N4O2S. The number of amides is 2. The van der Waals surface area contributed by atoms with E-state index in [1.807, 2.05) is 12.3 Å². The maximum absolute atomic E-state index is 12.1. The maximum Gasteiger partial charge on any atom is 0.315 e. The minimum atomic E-state index is -0.663. The van der Waals surface area contributed by atoms with Crippen molar-refractivity contribution in [3.63, 3.8) is 0 Å². The number of rotatable bonds is 2. The Kier molecular flexibility index (Phi) is 4.58. The smallest absolute Gasteiger partial charge is 0.315 e. The van der Waals surface area contributed by atoms with Gasteiger partial charge in [0.25, 0.3) is 0 Å². The van der Waals surface area contributed by atoms with Crippen LogP contribution in [0.15, 0.2) is 5.38 Å². The van der Waals surface area contributed by atoms with Crippen molar-refractivity contribution in [2.75, 3.05) is 5.32 Å². The number of piperidine rings is 1. The Hall–Kier alpha value is -1.47. The van der Waals surface area contributed by atoms with Crippen molar-refractivity contribution in [1.82, 2.24) is 15.6 Å². The summed E-state index contributed by atoms with van der Waals surface area (Å²) in [5, 5.41) is 11.2. The number of nitrogens with one attached hydrogen (secondary N) is 3. The molecule has 2 rings (SSSR count). The first-order valence-electron chi connectivity index (χ1n) is 7.40. The molecule has 2 heterocycles. The zero-order valence-corrected chi connectivity index (χ0v) is 14.6. The lowest BCUT2D eigenvalue weighted by atomic mass is 9.79. The van der Waals surface area contributed by atoms with E-state index in [2.05, 4.69) is 48.6 Å². The lowest BCUT2D eigenvalue weighted by Gasteiger charge is -2.46. The molecule has 2 amide bonds. The van der Waals surface area contributed by atoms with E-state index < -0.39 is 11.8 Å². The monoisotopic (exact) mass is 324 g/mol. The van der Waals surface area contributed by atoms with Gasteiger partial charge in [0.2, 0.25) is 0 Å². The van der Waals surface area contributed by atoms with Crippen molar-refractivity contribution in [1.29, 1.82) is 0 Å². The Bertz CT molecular complexity index is 564. The molecule has 22 heavy (non-hydrogen) atoms. The van der Waals surface area contributed by atoms with Gasteiger partial charge < -0.3 is 10.6 Å². The first-order chi connectivity index (χ1) is 10.1. The molecule has 0 aliphatic carbocycles. The Morgan fingerprint density at radius 3 is 2.32 bits per heavy atom. The van der Waals surface area contributed by atoms with Crippen molar-refractivity contribution in [3.8, 4) is 0 Å². The molecule has 1 fully saturated rings. The van der Waals surface area contributed by atoms with Crippen molar-refractivity contribution in [3.05, 3.63) is 11.1 Å². The van der Waals surface area contributed by atoms with Gasteiger partial charge in [-0.25, -0.2) is 4.98 Å². The Labute approximate surface area is 135 Å². The Morgan fingerprint density at radius 2 is 1.82 bits per heavy atom. The molecule has 122 valence electrons. The van der Waals surface area contributed by atoms with E-state index in [1.54, 1.807) is 0 Å². The molecule has 1 aliphatic rings. The van der Waals surface area contributed by atoms with Crippen LogP contribution in [0.3, 0.4) is 0 Å². The summed E-state index contributed by atoms with van der Waals surface area (Å²) in [5.74, 6) is -1.27. The third kappa shape index (κ3) is 4.51. The summed E-state index contributed by atoms with van der Waals surface area (Å²) in [5.41, 5.74) is 0.660. The number of carbonyl (C=O) groups is 2. The normalized spacial score (nSPS) is 20.4. The van der Waals surface area contributed by atoms with Gasteiger partial charge in [-0.1, -0.05) is 0 Å². The number of aryl methyl sites for hydroxylation is 1. The fraction of sp³-hybridized carbons (Fsp3) is 0.667. The highest BCUT2D eigenvalue weighted by Gasteiger charge is 2.38. The zero-order valence-electron chi connectivity index (χ0n) is 13.7. The van der Waals surface area contributed by atoms with Crippen LogP contribution in [-0.2, 0) is 9.59 Å². The van der Waals surface area contributed by atoms with Gasteiger partial charge in [0.05, 0.1) is 5.69 Å². The van der Waals surface area contributed by atoms with Gasteiger partial charge in [0.15, 0.2) is 5.13 Å². The average molecular weight is 324 g/mol. The topological polar surface area (TPSA) is 83.1 Å². The summed E-state index contributed by atoms with van der Waals surface area (Å²) in [7, 11) is 0. The number of anilines is 1. The minimum Gasteiger partial charge on any atom is -0.345 e. The van der Waals surface area contributed by atoms with E-state index in [1.165, 1.54) is 11.3 Å². The summed E-state index contributed by atoms with van der Waals surface area (Å²) in [6, 6.07) is -0.0254. The van der Waals surface area contributed by atoms with Gasteiger partial charge in [-0.05, 0) is 47.5 Å². The molecule has 0 spiro atoms. The van der Waals surface area contributed by atoms with Crippen molar-refractivity contribution < 1.29 is 9.59 Å². The van der Waals surface area contributed by atoms with E-state index in [0.29, 0.717) is 5.13 Å². The fourth-order valence-corrected chi connectivity index (χ4v) is 3.92. The summed E-state index contributed by atoms with van der Waals surface area (Å²) in [4.78, 5) is 28.1. The molecule has 0 unspecified atom stereocenters. The third-order valence-electron chi connectivity index (χ3n) is 3.57. The lowest BCUT2D eigenvalue weighted by Crippen LogP contribution is -2.62. The maximum atomic E-state index is 12.1. The van der Waals surface area contributed by atoms with Crippen LogP contribution in [0.5, 0.6) is 0 Å². The summed E-state index contributed by atoms with van der Waals surface area (Å²) in [6.07, 6.45) is 1.57. The van der Waals surface area contributed by atoms with Gasteiger partial charge >= 0.3 is 11.8 Å². The molecule has 1 aromatic heterocycles. The number of carbonyl (C=O) groups excluding carboxylic acids is 2. The summed E-state index contributed by atoms with van der Waals surface area (Å²) in [6.45, 7) is 10.2. The average Bonchev–Trinajstić information content (AvgIpc) is 2.70. The Balaban J connectivity index is 1.94. The molecule has 0 aromatic carbocycles. The molecule has 1 aromatic rings. The third-order valence-corrected chi connectivity index (χ3v) is 4.45. The number of nitrogens with zero attached hydrogens (tertiary/aromatic N) is 1. The molecule has 6 nitrogen and oxygen atoms in total. The quantitative estimate of drug-likeness (QED) is 0.725. The van der Waals surface area contributed by atoms with Crippen LogP contribution in [0.25, 0.3) is 0 Å². The molecule has 1 aliphatic heterocycles.